The van der Waals surface area contributed by atoms with Crippen molar-refractivity contribution < 1.29 is 4.74 Å². The van der Waals surface area contributed by atoms with Crippen molar-refractivity contribution >= 4 is 11.6 Å². The summed E-state index contributed by atoms with van der Waals surface area (Å²) in [6.07, 6.45) is 4.73. The molecule has 0 aliphatic carbocycles. The quantitative estimate of drug-likeness (QED) is 0.522. The van der Waals surface area contributed by atoms with E-state index in [1.165, 1.54) is 0 Å². The lowest BCUT2D eigenvalue weighted by atomic mass is 10.4. The Labute approximate surface area is 83.7 Å². The Morgan fingerprint density at radius 2 is 2.46 bits per heavy atom. The second-order valence-corrected chi connectivity index (χ2v) is 2.99. The Hall–Kier alpha value is -0.540. The average molecular weight is 203 g/mol. The molecular formula is C9H15ClN2O. The standard InChI is InChI=1S/C9H15ClN2O/c1-2-13-7-3-5-12-6-4-11-9(12)8-10/h4,6H,2-3,5,7-8H2,1H3. The molecule has 0 aromatic carbocycles. The molecule has 0 saturated heterocycles. The van der Waals surface area contributed by atoms with E-state index in [9.17, 15) is 0 Å². The minimum Gasteiger partial charge on any atom is -0.382 e. The molecule has 1 aromatic rings. The first-order valence-electron chi connectivity index (χ1n) is 4.52. The third-order valence-corrected chi connectivity index (χ3v) is 2.05. The van der Waals surface area contributed by atoms with Crippen molar-refractivity contribution in [1.29, 1.82) is 0 Å². The summed E-state index contributed by atoms with van der Waals surface area (Å²) >= 11 is 5.70. The van der Waals surface area contributed by atoms with E-state index in [2.05, 4.69) is 9.55 Å². The van der Waals surface area contributed by atoms with Gasteiger partial charge in [0, 0.05) is 32.2 Å². The second kappa shape index (κ2) is 6.00. The minimum atomic E-state index is 0.474. The Kier molecular flexibility index (Phi) is 4.86. The molecule has 0 amide bonds. The molecule has 1 aromatic heterocycles. The summed E-state index contributed by atoms with van der Waals surface area (Å²) in [5.41, 5.74) is 0. The molecule has 0 aliphatic heterocycles. The van der Waals surface area contributed by atoms with Gasteiger partial charge in [-0.25, -0.2) is 4.98 Å². The van der Waals surface area contributed by atoms with Crippen LogP contribution in [0.4, 0.5) is 0 Å². The normalized spacial score (nSPS) is 10.6. The van der Waals surface area contributed by atoms with Gasteiger partial charge in [0.15, 0.2) is 0 Å². The maximum atomic E-state index is 5.70. The molecule has 4 heteroatoms. The Bertz CT molecular complexity index is 237. The predicted molar refractivity (Wildman–Crippen MR) is 52.9 cm³/mol. The molecule has 0 bridgehead atoms. The zero-order valence-corrected chi connectivity index (χ0v) is 8.63. The Balaban J connectivity index is 2.27. The van der Waals surface area contributed by atoms with Crippen LogP contribution in [0.3, 0.4) is 0 Å². The number of rotatable bonds is 6. The van der Waals surface area contributed by atoms with E-state index in [4.69, 9.17) is 16.3 Å². The number of alkyl halides is 1. The van der Waals surface area contributed by atoms with Crippen LogP contribution in [0.5, 0.6) is 0 Å². The van der Waals surface area contributed by atoms with Crippen molar-refractivity contribution in [3.8, 4) is 0 Å². The largest absolute Gasteiger partial charge is 0.382 e. The van der Waals surface area contributed by atoms with Crippen molar-refractivity contribution in [1.82, 2.24) is 9.55 Å². The summed E-state index contributed by atoms with van der Waals surface area (Å²) in [4.78, 5) is 4.12. The van der Waals surface area contributed by atoms with Crippen LogP contribution in [-0.4, -0.2) is 22.8 Å². The number of halogens is 1. The zero-order chi connectivity index (χ0) is 9.52. The maximum Gasteiger partial charge on any atom is 0.123 e. The Morgan fingerprint density at radius 1 is 1.62 bits per heavy atom. The summed E-state index contributed by atoms with van der Waals surface area (Å²) in [5.74, 6) is 1.40. The average Bonchev–Trinajstić information content (AvgIpc) is 2.60. The topological polar surface area (TPSA) is 27.1 Å². The van der Waals surface area contributed by atoms with Gasteiger partial charge in [-0.3, -0.25) is 0 Å². The number of nitrogens with zero attached hydrogens (tertiary/aromatic N) is 2. The molecule has 0 fully saturated rings. The van der Waals surface area contributed by atoms with Crippen LogP contribution in [0.1, 0.15) is 19.2 Å². The van der Waals surface area contributed by atoms with E-state index < -0.39 is 0 Å². The van der Waals surface area contributed by atoms with Crippen LogP contribution in [0, 0.1) is 0 Å². The van der Waals surface area contributed by atoms with Crippen LogP contribution in [-0.2, 0) is 17.2 Å². The van der Waals surface area contributed by atoms with Crippen LogP contribution >= 0.6 is 11.6 Å². The van der Waals surface area contributed by atoms with E-state index in [-0.39, 0.29) is 0 Å². The van der Waals surface area contributed by atoms with Gasteiger partial charge in [0.05, 0.1) is 5.88 Å². The van der Waals surface area contributed by atoms with E-state index >= 15 is 0 Å². The minimum absolute atomic E-state index is 0.474. The molecule has 3 nitrogen and oxygen atoms in total. The fourth-order valence-electron chi connectivity index (χ4n) is 1.16. The van der Waals surface area contributed by atoms with Gasteiger partial charge >= 0.3 is 0 Å². The van der Waals surface area contributed by atoms with Crippen LogP contribution < -0.4 is 0 Å². The molecule has 1 heterocycles. The van der Waals surface area contributed by atoms with E-state index in [1.54, 1.807) is 6.20 Å². The lowest BCUT2D eigenvalue weighted by Crippen LogP contribution is -2.04. The molecule has 0 N–H and O–H groups in total. The molecular weight excluding hydrogens is 188 g/mol. The lowest BCUT2D eigenvalue weighted by Gasteiger charge is -2.05. The molecule has 0 aliphatic rings. The fraction of sp³-hybridized carbons (Fsp3) is 0.667. The first-order chi connectivity index (χ1) is 6.38. The van der Waals surface area contributed by atoms with Gasteiger partial charge in [-0.1, -0.05) is 0 Å². The Morgan fingerprint density at radius 3 is 3.15 bits per heavy atom. The molecule has 13 heavy (non-hydrogen) atoms. The predicted octanol–water partition coefficient (Wildman–Crippen LogP) is 2.05. The monoisotopic (exact) mass is 202 g/mol. The van der Waals surface area contributed by atoms with Crippen molar-refractivity contribution in [3.05, 3.63) is 18.2 Å². The van der Waals surface area contributed by atoms with E-state index in [1.807, 2.05) is 13.1 Å². The fourth-order valence-corrected chi connectivity index (χ4v) is 1.38. The van der Waals surface area contributed by atoms with Crippen molar-refractivity contribution in [3.63, 3.8) is 0 Å². The van der Waals surface area contributed by atoms with Crippen molar-refractivity contribution in [2.24, 2.45) is 0 Å². The summed E-state index contributed by atoms with van der Waals surface area (Å²) in [7, 11) is 0. The highest BCUT2D eigenvalue weighted by atomic mass is 35.5. The number of hydrogen-bond donors (Lipinski definition) is 0. The van der Waals surface area contributed by atoms with Gasteiger partial charge in [0.1, 0.15) is 5.82 Å². The van der Waals surface area contributed by atoms with Gasteiger partial charge in [-0.2, -0.15) is 0 Å². The summed E-state index contributed by atoms with van der Waals surface area (Å²) < 4.78 is 7.30. The molecule has 0 unspecified atom stereocenters. The number of aryl methyl sites for hydroxylation is 1. The molecule has 0 radical (unpaired) electrons. The van der Waals surface area contributed by atoms with Crippen molar-refractivity contribution in [2.75, 3.05) is 13.2 Å². The van der Waals surface area contributed by atoms with E-state index in [0.29, 0.717) is 5.88 Å². The van der Waals surface area contributed by atoms with Gasteiger partial charge in [-0.05, 0) is 13.3 Å². The summed E-state index contributed by atoms with van der Waals surface area (Å²) in [5, 5.41) is 0. The summed E-state index contributed by atoms with van der Waals surface area (Å²) in [6.45, 7) is 4.52. The van der Waals surface area contributed by atoms with Crippen molar-refractivity contribution in [2.45, 2.75) is 25.8 Å². The number of hydrogen-bond acceptors (Lipinski definition) is 2. The molecule has 0 atom stereocenters. The number of aromatic nitrogens is 2. The highest BCUT2D eigenvalue weighted by Gasteiger charge is 1.99. The third kappa shape index (κ3) is 3.36. The van der Waals surface area contributed by atoms with Gasteiger partial charge in [0.2, 0.25) is 0 Å². The maximum absolute atomic E-state index is 5.70. The molecule has 0 saturated carbocycles. The summed E-state index contributed by atoms with van der Waals surface area (Å²) in [6, 6.07) is 0. The lowest BCUT2D eigenvalue weighted by molar-refractivity contribution is 0.141. The number of imidazole rings is 1. The highest BCUT2D eigenvalue weighted by molar-refractivity contribution is 6.16. The molecule has 1 rings (SSSR count). The third-order valence-electron chi connectivity index (χ3n) is 1.81. The van der Waals surface area contributed by atoms with Gasteiger partial charge in [-0.15, -0.1) is 11.6 Å². The number of ether oxygens (including phenoxy) is 1. The highest BCUT2D eigenvalue weighted by Crippen LogP contribution is 2.02. The first kappa shape index (κ1) is 10.5. The molecule has 0 spiro atoms. The van der Waals surface area contributed by atoms with Crippen LogP contribution in [0.2, 0.25) is 0 Å². The smallest absolute Gasteiger partial charge is 0.123 e. The van der Waals surface area contributed by atoms with Gasteiger partial charge < -0.3 is 9.30 Å². The van der Waals surface area contributed by atoms with Crippen LogP contribution in [0.15, 0.2) is 12.4 Å². The van der Waals surface area contributed by atoms with E-state index in [0.717, 1.165) is 32.0 Å². The zero-order valence-electron chi connectivity index (χ0n) is 7.87. The second-order valence-electron chi connectivity index (χ2n) is 2.72. The SMILES string of the molecule is CCOCCCn1ccnc1CCl. The first-order valence-corrected chi connectivity index (χ1v) is 5.05. The molecule has 74 valence electrons. The van der Waals surface area contributed by atoms with Crippen LogP contribution in [0.25, 0.3) is 0 Å². The van der Waals surface area contributed by atoms with Gasteiger partial charge in [0.25, 0.3) is 0 Å².